The van der Waals surface area contributed by atoms with Gasteiger partial charge in [0.05, 0.1) is 0 Å². The molecule has 4 nitrogen and oxygen atoms in total. The molecule has 17 heavy (non-hydrogen) atoms. The molecule has 0 aliphatic rings. The maximum Gasteiger partial charge on any atom is 0.404 e. The van der Waals surface area contributed by atoms with Crippen molar-refractivity contribution in [2.45, 2.75) is 33.1 Å². The fraction of sp³-hybridized carbons (Fsp3) is 0.462. The number of carboxylic acid groups (broad SMARTS) is 1. The number of hydrogen-bond donors (Lipinski definition) is 3. The van der Waals surface area contributed by atoms with Gasteiger partial charge in [0, 0.05) is 7.05 Å². The van der Waals surface area contributed by atoms with Crippen LogP contribution in [0.2, 0.25) is 0 Å². The Balaban J connectivity index is 0.000000437. The zero-order chi connectivity index (χ0) is 13.6. The minimum atomic E-state index is -0.995. The predicted octanol–water partition coefficient (Wildman–Crippen LogP) is 2.88. The standard InChI is InChI=1S/C11H16O.C2H5NO2/c1-8-6-5-7-9(10(8)12)11(2,3)4;1-3-2(4)5/h5-7,12H,1-4H3;3H,1H3,(H,4,5). The summed E-state index contributed by atoms with van der Waals surface area (Å²) < 4.78 is 0. The molecule has 0 fully saturated rings. The fourth-order valence-electron chi connectivity index (χ4n) is 1.26. The lowest BCUT2D eigenvalue weighted by atomic mass is 9.85. The molecule has 0 aliphatic carbocycles. The molecule has 0 saturated carbocycles. The number of phenols is 1. The van der Waals surface area contributed by atoms with Crippen molar-refractivity contribution < 1.29 is 15.0 Å². The summed E-state index contributed by atoms with van der Waals surface area (Å²) in [6, 6.07) is 5.88. The number of aryl methyl sites for hydroxylation is 1. The molecule has 4 heteroatoms. The normalized spacial score (nSPS) is 10.2. The molecule has 0 aliphatic heterocycles. The van der Waals surface area contributed by atoms with Gasteiger partial charge in [0.1, 0.15) is 5.75 Å². The number of aromatic hydroxyl groups is 1. The van der Waals surface area contributed by atoms with E-state index in [1.165, 1.54) is 7.05 Å². The van der Waals surface area contributed by atoms with Crippen LogP contribution in [0.25, 0.3) is 0 Å². The predicted molar refractivity (Wildman–Crippen MR) is 68.6 cm³/mol. The first-order valence-electron chi connectivity index (χ1n) is 5.40. The summed E-state index contributed by atoms with van der Waals surface area (Å²) in [5, 5.41) is 19.3. The molecule has 0 spiro atoms. The summed E-state index contributed by atoms with van der Waals surface area (Å²) in [5.41, 5.74) is 1.99. The quantitative estimate of drug-likeness (QED) is 0.652. The second-order valence-electron chi connectivity index (χ2n) is 4.78. The molecule has 0 heterocycles. The molecule has 0 saturated heterocycles. The third-order valence-corrected chi connectivity index (χ3v) is 2.26. The van der Waals surface area contributed by atoms with Crippen molar-refractivity contribution in [1.29, 1.82) is 0 Å². The molecule has 0 unspecified atom stereocenters. The largest absolute Gasteiger partial charge is 0.507 e. The van der Waals surface area contributed by atoms with E-state index in [2.05, 4.69) is 20.8 Å². The van der Waals surface area contributed by atoms with E-state index in [9.17, 15) is 9.90 Å². The smallest absolute Gasteiger partial charge is 0.404 e. The van der Waals surface area contributed by atoms with Gasteiger partial charge < -0.3 is 15.5 Å². The molecular weight excluding hydrogens is 218 g/mol. The third-order valence-electron chi connectivity index (χ3n) is 2.26. The fourth-order valence-corrected chi connectivity index (χ4v) is 1.26. The Kier molecular flexibility index (Phi) is 5.51. The first kappa shape index (κ1) is 15.3. The minimum absolute atomic E-state index is 0.0239. The zero-order valence-electron chi connectivity index (χ0n) is 11.0. The molecule has 1 aromatic rings. The maximum atomic E-state index is 9.73. The average Bonchev–Trinajstić information content (AvgIpc) is 2.21. The molecule has 0 aromatic heterocycles. The summed E-state index contributed by atoms with van der Waals surface area (Å²) in [6.45, 7) is 8.22. The number of benzene rings is 1. The minimum Gasteiger partial charge on any atom is -0.507 e. The molecule has 1 rings (SSSR count). The number of amides is 1. The highest BCUT2D eigenvalue weighted by molar-refractivity contribution is 5.63. The lowest BCUT2D eigenvalue weighted by Gasteiger charge is -2.20. The van der Waals surface area contributed by atoms with Crippen LogP contribution in [0.4, 0.5) is 4.79 Å². The highest BCUT2D eigenvalue weighted by atomic mass is 16.4. The topological polar surface area (TPSA) is 69.6 Å². The van der Waals surface area contributed by atoms with Gasteiger partial charge in [0.2, 0.25) is 0 Å². The van der Waals surface area contributed by atoms with Crippen LogP contribution in [-0.4, -0.2) is 23.4 Å². The zero-order valence-corrected chi connectivity index (χ0v) is 11.0. The van der Waals surface area contributed by atoms with Gasteiger partial charge in [-0.05, 0) is 23.5 Å². The van der Waals surface area contributed by atoms with E-state index in [4.69, 9.17) is 5.11 Å². The first-order valence-corrected chi connectivity index (χ1v) is 5.40. The van der Waals surface area contributed by atoms with Gasteiger partial charge in [0.25, 0.3) is 0 Å². The summed E-state index contributed by atoms with van der Waals surface area (Å²) in [4.78, 5) is 9.26. The van der Waals surface area contributed by atoms with E-state index < -0.39 is 6.09 Å². The Hall–Kier alpha value is -1.71. The van der Waals surface area contributed by atoms with Crippen LogP contribution in [-0.2, 0) is 5.41 Å². The second-order valence-corrected chi connectivity index (χ2v) is 4.78. The molecule has 0 radical (unpaired) electrons. The highest BCUT2D eigenvalue weighted by Crippen LogP contribution is 2.32. The van der Waals surface area contributed by atoms with Crippen molar-refractivity contribution in [3.8, 4) is 5.75 Å². The highest BCUT2D eigenvalue weighted by Gasteiger charge is 2.18. The van der Waals surface area contributed by atoms with Crippen molar-refractivity contribution in [2.75, 3.05) is 7.05 Å². The van der Waals surface area contributed by atoms with Crippen LogP contribution in [0.5, 0.6) is 5.75 Å². The Morgan fingerprint density at radius 3 is 2.06 bits per heavy atom. The molecule has 0 atom stereocenters. The summed E-state index contributed by atoms with van der Waals surface area (Å²) in [7, 11) is 1.35. The Bertz CT molecular complexity index is 381. The average molecular weight is 239 g/mol. The lowest BCUT2D eigenvalue weighted by Crippen LogP contribution is -2.13. The third kappa shape index (κ3) is 5.24. The van der Waals surface area contributed by atoms with Crippen LogP contribution in [0.15, 0.2) is 18.2 Å². The van der Waals surface area contributed by atoms with Crippen LogP contribution >= 0.6 is 0 Å². The van der Waals surface area contributed by atoms with Crippen molar-refractivity contribution in [1.82, 2.24) is 5.32 Å². The van der Waals surface area contributed by atoms with E-state index >= 15 is 0 Å². The van der Waals surface area contributed by atoms with Crippen LogP contribution < -0.4 is 5.32 Å². The maximum absolute atomic E-state index is 9.73. The van der Waals surface area contributed by atoms with Crippen LogP contribution in [0.3, 0.4) is 0 Å². The number of phenolic OH excluding ortho intramolecular Hbond substituents is 1. The van der Waals surface area contributed by atoms with Crippen LogP contribution in [0, 0.1) is 6.92 Å². The number of nitrogens with one attached hydrogen (secondary N) is 1. The van der Waals surface area contributed by atoms with Crippen molar-refractivity contribution in [3.63, 3.8) is 0 Å². The number of para-hydroxylation sites is 1. The summed E-state index contributed by atoms with van der Waals surface area (Å²) in [6.07, 6.45) is -0.995. The van der Waals surface area contributed by atoms with Gasteiger partial charge in [-0.1, -0.05) is 39.0 Å². The van der Waals surface area contributed by atoms with Gasteiger partial charge in [-0.25, -0.2) is 4.79 Å². The Labute approximate surface area is 102 Å². The number of hydrogen-bond acceptors (Lipinski definition) is 2. The van der Waals surface area contributed by atoms with E-state index in [-0.39, 0.29) is 5.41 Å². The molecule has 3 N–H and O–H groups in total. The van der Waals surface area contributed by atoms with Gasteiger partial charge in [0.15, 0.2) is 0 Å². The van der Waals surface area contributed by atoms with E-state index in [1.54, 1.807) is 0 Å². The molecule has 1 aromatic carbocycles. The lowest BCUT2D eigenvalue weighted by molar-refractivity contribution is 0.197. The van der Waals surface area contributed by atoms with E-state index in [0.29, 0.717) is 5.75 Å². The first-order chi connectivity index (χ1) is 7.70. The monoisotopic (exact) mass is 239 g/mol. The van der Waals surface area contributed by atoms with Gasteiger partial charge in [-0.2, -0.15) is 0 Å². The molecule has 1 amide bonds. The molecule has 96 valence electrons. The second kappa shape index (κ2) is 6.13. The molecule has 0 bridgehead atoms. The van der Waals surface area contributed by atoms with Gasteiger partial charge in [-0.15, -0.1) is 0 Å². The Morgan fingerprint density at radius 1 is 1.29 bits per heavy atom. The summed E-state index contributed by atoms with van der Waals surface area (Å²) in [5.74, 6) is 0.435. The van der Waals surface area contributed by atoms with E-state index in [1.807, 2.05) is 30.4 Å². The SMILES string of the molecule is CNC(=O)O.Cc1cccc(C(C)(C)C)c1O. The molecular formula is C13H21NO3. The summed E-state index contributed by atoms with van der Waals surface area (Å²) >= 11 is 0. The van der Waals surface area contributed by atoms with Gasteiger partial charge >= 0.3 is 6.09 Å². The van der Waals surface area contributed by atoms with E-state index in [0.717, 1.165) is 11.1 Å². The number of rotatable bonds is 0. The van der Waals surface area contributed by atoms with Crippen molar-refractivity contribution in [2.24, 2.45) is 0 Å². The Morgan fingerprint density at radius 2 is 1.76 bits per heavy atom. The van der Waals surface area contributed by atoms with Crippen molar-refractivity contribution >= 4 is 6.09 Å². The number of carbonyl (C=O) groups is 1. The van der Waals surface area contributed by atoms with Crippen LogP contribution in [0.1, 0.15) is 31.9 Å². The van der Waals surface area contributed by atoms with Crippen molar-refractivity contribution in [3.05, 3.63) is 29.3 Å². The van der Waals surface area contributed by atoms with Gasteiger partial charge in [-0.3, -0.25) is 0 Å².